The van der Waals surface area contributed by atoms with Crippen LogP contribution in [0.2, 0.25) is 10.0 Å². The lowest BCUT2D eigenvalue weighted by Crippen LogP contribution is -2.42. The highest BCUT2D eigenvalue weighted by atomic mass is 79.9. The van der Waals surface area contributed by atoms with Crippen LogP contribution in [0.15, 0.2) is 51.4 Å². The highest BCUT2D eigenvalue weighted by Gasteiger charge is 2.45. The van der Waals surface area contributed by atoms with E-state index >= 15 is 0 Å². The zero-order chi connectivity index (χ0) is 22.7. The molecule has 2 N–H and O–H groups in total. The fourth-order valence-corrected chi connectivity index (χ4v) is 6.58. The van der Waals surface area contributed by atoms with Crippen molar-refractivity contribution in [1.29, 1.82) is 5.26 Å². The van der Waals surface area contributed by atoms with Crippen LogP contribution < -0.4 is 10.6 Å². The van der Waals surface area contributed by atoms with Crippen molar-refractivity contribution < 1.29 is 4.79 Å². The number of hydrogen-bond acceptors (Lipinski definition) is 5. The van der Waals surface area contributed by atoms with E-state index in [1.54, 1.807) is 34.4 Å². The molecule has 2 heterocycles. The Bertz CT molecular complexity index is 1180. The summed E-state index contributed by atoms with van der Waals surface area (Å²) in [6.07, 6.45) is 1.05. The number of anilines is 1. The molecule has 0 saturated carbocycles. The molecule has 1 atom stereocenters. The van der Waals surface area contributed by atoms with Crippen molar-refractivity contribution in [3.8, 4) is 6.07 Å². The summed E-state index contributed by atoms with van der Waals surface area (Å²) in [5.74, 6) is -0.140. The second-order valence-electron chi connectivity index (χ2n) is 8.66. The molecule has 1 aromatic carbocycles. The van der Waals surface area contributed by atoms with Gasteiger partial charge >= 0.3 is 0 Å². The monoisotopic (exact) mass is 535 g/mol. The number of benzene rings is 1. The summed E-state index contributed by atoms with van der Waals surface area (Å²) in [5, 5.41) is 11.0. The van der Waals surface area contributed by atoms with E-state index in [1.165, 1.54) is 0 Å². The molecule has 2 aromatic rings. The molecule has 0 amide bonds. The molecule has 4 nitrogen and oxygen atoms in total. The molecule has 1 aliphatic carbocycles. The number of hydrogen-bond donors (Lipinski definition) is 1. The zero-order valence-electron chi connectivity index (χ0n) is 17.2. The van der Waals surface area contributed by atoms with Crippen LogP contribution in [0.5, 0.6) is 0 Å². The smallest absolute Gasteiger partial charge is 0.162 e. The number of allylic oxidation sites excluding steroid dienone is 3. The maximum atomic E-state index is 13.5. The number of nitrogens with two attached hydrogens (primary N) is 1. The van der Waals surface area contributed by atoms with Crippen LogP contribution in [0.25, 0.3) is 0 Å². The number of nitriles is 1. The van der Waals surface area contributed by atoms with Crippen LogP contribution in [0.1, 0.15) is 42.4 Å². The first-order valence-electron chi connectivity index (χ1n) is 9.70. The minimum Gasteiger partial charge on any atom is -0.384 e. The zero-order valence-corrected chi connectivity index (χ0v) is 21.1. The van der Waals surface area contributed by atoms with Crippen LogP contribution in [-0.2, 0) is 4.79 Å². The number of ketones is 1. The van der Waals surface area contributed by atoms with Crippen molar-refractivity contribution in [2.45, 2.75) is 39.5 Å². The van der Waals surface area contributed by atoms with Gasteiger partial charge in [0.25, 0.3) is 0 Å². The first kappa shape index (κ1) is 22.4. The van der Waals surface area contributed by atoms with Crippen LogP contribution in [0.3, 0.4) is 0 Å². The summed E-state index contributed by atoms with van der Waals surface area (Å²) in [6.45, 7) is 6.14. The van der Waals surface area contributed by atoms with Crippen molar-refractivity contribution in [3.05, 3.63) is 71.2 Å². The van der Waals surface area contributed by atoms with Gasteiger partial charge < -0.3 is 5.73 Å². The Hall–Kier alpha value is -1.78. The van der Waals surface area contributed by atoms with Crippen LogP contribution >= 0.6 is 50.5 Å². The number of carbonyl (C=O) groups excluding carboxylic acids is 1. The number of aryl methyl sites for hydroxylation is 1. The first-order valence-corrected chi connectivity index (χ1v) is 12.1. The third-order valence-electron chi connectivity index (χ3n) is 5.65. The number of Topliss-reactive ketones (excluding diaryl/α,β-unsaturated/α-hetero) is 1. The number of thiophene rings is 1. The fourth-order valence-electron chi connectivity index (χ4n) is 4.38. The van der Waals surface area contributed by atoms with E-state index in [9.17, 15) is 10.1 Å². The Morgan fingerprint density at radius 1 is 1.23 bits per heavy atom. The molecule has 0 spiro atoms. The van der Waals surface area contributed by atoms with E-state index in [2.05, 4.69) is 35.8 Å². The lowest BCUT2D eigenvalue weighted by molar-refractivity contribution is -0.118. The van der Waals surface area contributed by atoms with Gasteiger partial charge in [-0.2, -0.15) is 5.26 Å². The minimum atomic E-state index is -0.482. The summed E-state index contributed by atoms with van der Waals surface area (Å²) in [6, 6.07) is 9.41. The van der Waals surface area contributed by atoms with E-state index in [0.717, 1.165) is 19.9 Å². The van der Waals surface area contributed by atoms with Gasteiger partial charge in [-0.25, -0.2) is 0 Å². The molecule has 0 radical (unpaired) electrons. The summed E-state index contributed by atoms with van der Waals surface area (Å²) in [5.41, 5.74) is 8.83. The molecule has 31 heavy (non-hydrogen) atoms. The predicted octanol–water partition coefficient (Wildman–Crippen LogP) is 7.07. The van der Waals surface area contributed by atoms with Gasteiger partial charge in [-0.1, -0.05) is 37.0 Å². The Morgan fingerprint density at radius 3 is 2.42 bits per heavy atom. The fraction of sp³-hybridized carbons (Fsp3) is 0.304. The van der Waals surface area contributed by atoms with Crippen molar-refractivity contribution in [2.75, 3.05) is 4.90 Å². The highest BCUT2D eigenvalue weighted by Crippen LogP contribution is 2.52. The molecule has 2 aliphatic rings. The third kappa shape index (κ3) is 3.93. The van der Waals surface area contributed by atoms with Crippen LogP contribution in [0, 0.1) is 23.7 Å². The second-order valence-corrected chi connectivity index (χ2v) is 11.7. The summed E-state index contributed by atoms with van der Waals surface area (Å²) in [4.78, 5) is 17.3. The van der Waals surface area contributed by atoms with E-state index in [1.807, 2.05) is 13.0 Å². The Morgan fingerprint density at radius 2 is 1.87 bits per heavy atom. The molecule has 8 heteroatoms. The van der Waals surface area contributed by atoms with Gasteiger partial charge in [0.2, 0.25) is 0 Å². The normalized spacial score (nSPS) is 20.7. The van der Waals surface area contributed by atoms with Crippen molar-refractivity contribution in [3.63, 3.8) is 0 Å². The average Bonchev–Trinajstić information content (AvgIpc) is 2.97. The molecule has 1 aliphatic heterocycles. The van der Waals surface area contributed by atoms with Gasteiger partial charge in [-0.05, 0) is 59.0 Å². The number of halogens is 3. The summed E-state index contributed by atoms with van der Waals surface area (Å²) < 4.78 is 0.957. The number of nitrogens with zero attached hydrogens (tertiary/aromatic N) is 2. The SMILES string of the molecule is Cc1sc(C2C(C#N)=C(N)N(c3cc(Cl)cc(Cl)c3)C3=C2C(=O)CC(C)(C)C3)cc1Br. The second kappa shape index (κ2) is 7.97. The van der Waals surface area contributed by atoms with Gasteiger partial charge in [0, 0.05) is 42.0 Å². The topological polar surface area (TPSA) is 70.1 Å². The lowest BCUT2D eigenvalue weighted by Gasteiger charge is -2.43. The summed E-state index contributed by atoms with van der Waals surface area (Å²) >= 11 is 17.7. The van der Waals surface area contributed by atoms with E-state index in [4.69, 9.17) is 28.9 Å². The van der Waals surface area contributed by atoms with Crippen LogP contribution in [-0.4, -0.2) is 5.78 Å². The number of rotatable bonds is 2. The van der Waals surface area contributed by atoms with Crippen molar-refractivity contribution >= 4 is 61.9 Å². The molecular formula is C23H20BrCl2N3OS. The van der Waals surface area contributed by atoms with Gasteiger partial charge in [0.1, 0.15) is 5.82 Å². The molecule has 1 unspecified atom stereocenters. The van der Waals surface area contributed by atoms with Gasteiger partial charge in [-0.15, -0.1) is 11.3 Å². The Labute approximate surface area is 204 Å². The lowest BCUT2D eigenvalue weighted by atomic mass is 9.69. The molecule has 0 saturated heterocycles. The largest absolute Gasteiger partial charge is 0.384 e. The van der Waals surface area contributed by atoms with E-state index in [0.29, 0.717) is 45.5 Å². The molecule has 0 bridgehead atoms. The quantitative estimate of drug-likeness (QED) is 0.445. The van der Waals surface area contributed by atoms with Crippen molar-refractivity contribution in [1.82, 2.24) is 0 Å². The van der Waals surface area contributed by atoms with Gasteiger partial charge in [-0.3, -0.25) is 9.69 Å². The predicted molar refractivity (Wildman–Crippen MR) is 130 cm³/mol. The Kier molecular flexibility index (Phi) is 5.76. The minimum absolute atomic E-state index is 0.0387. The van der Waals surface area contributed by atoms with E-state index < -0.39 is 5.92 Å². The molecular weight excluding hydrogens is 517 g/mol. The molecule has 0 fully saturated rings. The van der Waals surface area contributed by atoms with E-state index in [-0.39, 0.29) is 11.2 Å². The van der Waals surface area contributed by atoms with Gasteiger partial charge in [0.05, 0.1) is 23.2 Å². The average molecular weight is 537 g/mol. The first-order chi connectivity index (χ1) is 14.5. The third-order valence-corrected chi connectivity index (χ3v) is 8.29. The maximum absolute atomic E-state index is 13.5. The molecule has 160 valence electrons. The number of carbonyl (C=O) groups is 1. The van der Waals surface area contributed by atoms with Gasteiger partial charge in [0.15, 0.2) is 5.78 Å². The Balaban J connectivity index is 2.02. The molecule has 4 rings (SSSR count). The standard InChI is InChI=1S/C23H20BrCl2N3OS/c1-11-16(24)7-19(31-11)20-15(10-27)22(28)29(14-5-12(25)4-13(26)6-14)17-8-23(2,3)9-18(30)21(17)20/h4-7,20H,8-9,28H2,1-3H3. The highest BCUT2D eigenvalue weighted by molar-refractivity contribution is 9.10. The summed E-state index contributed by atoms with van der Waals surface area (Å²) in [7, 11) is 0. The maximum Gasteiger partial charge on any atom is 0.162 e. The van der Waals surface area contributed by atoms with Crippen LogP contribution in [0.4, 0.5) is 5.69 Å². The molecule has 1 aromatic heterocycles. The van der Waals surface area contributed by atoms with Crippen molar-refractivity contribution in [2.24, 2.45) is 11.1 Å².